The lowest BCUT2D eigenvalue weighted by molar-refractivity contribution is -0.116. The zero-order valence-electron chi connectivity index (χ0n) is 15.3. The number of carbonyl (C=O) groups is 2. The zero-order chi connectivity index (χ0) is 20.1. The monoisotopic (exact) mass is 395 g/mol. The van der Waals surface area contributed by atoms with Crippen LogP contribution in [0.2, 0.25) is 0 Å². The van der Waals surface area contributed by atoms with E-state index in [4.69, 9.17) is 0 Å². The Morgan fingerprint density at radius 3 is 2.61 bits per heavy atom. The predicted octanol–water partition coefficient (Wildman–Crippen LogP) is 4.93. The normalized spacial score (nSPS) is 10.8. The van der Waals surface area contributed by atoms with Crippen molar-refractivity contribution in [1.82, 2.24) is 4.98 Å². The lowest BCUT2D eigenvalue weighted by atomic mass is 10.2. The highest BCUT2D eigenvalue weighted by Crippen LogP contribution is 2.29. The third kappa shape index (κ3) is 4.69. The van der Waals surface area contributed by atoms with E-state index in [0.717, 1.165) is 5.56 Å². The summed E-state index contributed by atoms with van der Waals surface area (Å²) in [6.45, 7) is 3.24. The van der Waals surface area contributed by atoms with Gasteiger partial charge in [0.05, 0.1) is 17.1 Å². The lowest BCUT2D eigenvalue weighted by Crippen LogP contribution is -2.22. The molecule has 5 nitrogen and oxygen atoms in total. The molecule has 3 rings (SSSR count). The predicted molar refractivity (Wildman–Crippen MR) is 110 cm³/mol. The first kappa shape index (κ1) is 19.4. The van der Waals surface area contributed by atoms with Gasteiger partial charge >= 0.3 is 0 Å². The Balaban J connectivity index is 1.72. The van der Waals surface area contributed by atoms with E-state index in [1.54, 1.807) is 18.4 Å². The number of rotatable bonds is 5. The summed E-state index contributed by atoms with van der Waals surface area (Å²) in [4.78, 5) is 30.0. The minimum atomic E-state index is -0.488. The maximum absolute atomic E-state index is 13.8. The molecule has 0 fully saturated rings. The molecule has 1 N–H and O–H groups in total. The minimum absolute atomic E-state index is 0.117. The van der Waals surface area contributed by atoms with Crippen molar-refractivity contribution >= 4 is 45.7 Å². The zero-order valence-corrected chi connectivity index (χ0v) is 16.2. The summed E-state index contributed by atoms with van der Waals surface area (Å²) in [5.41, 5.74) is 2.13. The molecule has 0 spiro atoms. The SMILES string of the molecule is CC(=O)N(c1ccccc1)c1nc(/C=C/C(=O)Nc2ccc(C)cc2F)cs1. The number of para-hydroxylation sites is 1. The minimum Gasteiger partial charge on any atom is -0.320 e. The summed E-state index contributed by atoms with van der Waals surface area (Å²) >= 11 is 1.29. The number of benzene rings is 2. The Kier molecular flexibility index (Phi) is 5.96. The fraction of sp³-hybridized carbons (Fsp3) is 0.0952. The van der Waals surface area contributed by atoms with E-state index < -0.39 is 11.7 Å². The highest BCUT2D eigenvalue weighted by Gasteiger charge is 2.17. The van der Waals surface area contributed by atoms with Crippen LogP contribution in [0.3, 0.4) is 0 Å². The Morgan fingerprint density at radius 1 is 1.18 bits per heavy atom. The van der Waals surface area contributed by atoms with E-state index in [9.17, 15) is 14.0 Å². The van der Waals surface area contributed by atoms with Crippen LogP contribution >= 0.6 is 11.3 Å². The number of aromatic nitrogens is 1. The number of nitrogens with zero attached hydrogens (tertiary/aromatic N) is 2. The summed E-state index contributed by atoms with van der Waals surface area (Å²) in [5, 5.41) is 4.74. The Labute approximate surface area is 166 Å². The topological polar surface area (TPSA) is 62.3 Å². The van der Waals surface area contributed by atoms with Gasteiger partial charge in [-0.05, 0) is 42.8 Å². The van der Waals surface area contributed by atoms with Gasteiger partial charge in [0.25, 0.3) is 0 Å². The number of amides is 2. The quantitative estimate of drug-likeness (QED) is 0.623. The van der Waals surface area contributed by atoms with Crippen LogP contribution in [-0.2, 0) is 9.59 Å². The summed E-state index contributed by atoms with van der Waals surface area (Å²) in [6, 6.07) is 13.8. The molecule has 1 heterocycles. The van der Waals surface area contributed by atoms with Crippen LogP contribution in [0.1, 0.15) is 18.2 Å². The van der Waals surface area contributed by atoms with Gasteiger partial charge in [-0.15, -0.1) is 11.3 Å². The number of hydrogen-bond donors (Lipinski definition) is 1. The number of aryl methyl sites for hydroxylation is 1. The molecule has 1 aromatic heterocycles. The van der Waals surface area contributed by atoms with E-state index >= 15 is 0 Å². The van der Waals surface area contributed by atoms with Crippen LogP contribution in [-0.4, -0.2) is 16.8 Å². The van der Waals surface area contributed by atoms with Gasteiger partial charge in [-0.3, -0.25) is 14.5 Å². The molecular weight excluding hydrogens is 377 g/mol. The first-order valence-electron chi connectivity index (χ1n) is 8.50. The highest BCUT2D eigenvalue weighted by molar-refractivity contribution is 7.14. The van der Waals surface area contributed by atoms with Crippen LogP contribution in [0.25, 0.3) is 6.08 Å². The lowest BCUT2D eigenvalue weighted by Gasteiger charge is -2.17. The van der Waals surface area contributed by atoms with Crippen molar-refractivity contribution in [2.75, 3.05) is 10.2 Å². The number of halogens is 1. The molecule has 0 bridgehead atoms. The molecule has 0 saturated carbocycles. The number of thiazole rings is 1. The second kappa shape index (κ2) is 8.58. The van der Waals surface area contributed by atoms with Crippen molar-refractivity contribution in [3.63, 3.8) is 0 Å². The van der Waals surface area contributed by atoms with Gasteiger partial charge in [-0.25, -0.2) is 9.37 Å². The van der Waals surface area contributed by atoms with Gasteiger partial charge in [-0.1, -0.05) is 24.3 Å². The fourth-order valence-corrected chi connectivity index (χ4v) is 3.37. The molecule has 0 unspecified atom stereocenters. The maximum Gasteiger partial charge on any atom is 0.248 e. The molecule has 2 amide bonds. The van der Waals surface area contributed by atoms with Crippen LogP contribution in [0, 0.1) is 12.7 Å². The maximum atomic E-state index is 13.8. The molecule has 142 valence electrons. The highest BCUT2D eigenvalue weighted by atomic mass is 32.1. The van der Waals surface area contributed by atoms with Crippen LogP contribution in [0.5, 0.6) is 0 Å². The van der Waals surface area contributed by atoms with Crippen molar-refractivity contribution in [3.8, 4) is 0 Å². The molecule has 2 aromatic carbocycles. The first-order chi connectivity index (χ1) is 13.4. The number of carbonyl (C=O) groups excluding carboxylic acids is 2. The third-order valence-electron chi connectivity index (χ3n) is 3.82. The molecule has 7 heteroatoms. The van der Waals surface area contributed by atoms with E-state index in [1.807, 2.05) is 30.3 Å². The van der Waals surface area contributed by atoms with Crippen molar-refractivity contribution in [1.29, 1.82) is 0 Å². The Bertz CT molecular complexity index is 1030. The second-order valence-electron chi connectivity index (χ2n) is 6.05. The summed E-state index contributed by atoms with van der Waals surface area (Å²) in [6.07, 6.45) is 2.80. The first-order valence-corrected chi connectivity index (χ1v) is 9.38. The molecule has 28 heavy (non-hydrogen) atoms. The van der Waals surface area contributed by atoms with E-state index in [-0.39, 0.29) is 11.6 Å². The van der Waals surface area contributed by atoms with E-state index in [1.165, 1.54) is 47.4 Å². The van der Waals surface area contributed by atoms with Crippen LogP contribution < -0.4 is 10.2 Å². The van der Waals surface area contributed by atoms with E-state index in [2.05, 4.69) is 10.3 Å². The number of anilines is 3. The average Bonchev–Trinajstić information content (AvgIpc) is 3.11. The van der Waals surface area contributed by atoms with Crippen molar-refractivity contribution < 1.29 is 14.0 Å². The summed E-state index contributed by atoms with van der Waals surface area (Å²) in [5.74, 6) is -1.12. The summed E-state index contributed by atoms with van der Waals surface area (Å²) < 4.78 is 13.8. The summed E-state index contributed by atoms with van der Waals surface area (Å²) in [7, 11) is 0. The molecule has 0 aliphatic rings. The van der Waals surface area contributed by atoms with Crippen LogP contribution in [0.4, 0.5) is 20.9 Å². The Hall–Kier alpha value is -3.32. The number of nitrogens with one attached hydrogen (secondary N) is 1. The molecule has 3 aromatic rings. The van der Waals surface area contributed by atoms with Gasteiger partial charge in [0, 0.05) is 18.4 Å². The van der Waals surface area contributed by atoms with E-state index in [0.29, 0.717) is 16.5 Å². The fourth-order valence-electron chi connectivity index (χ4n) is 2.52. The standard InChI is InChI=1S/C21H18FN3O2S/c1-14-8-10-19(18(22)12-14)24-20(27)11-9-16-13-28-21(23-16)25(15(2)26)17-6-4-3-5-7-17/h3-13H,1-2H3,(H,24,27)/b11-9+. The smallest absolute Gasteiger partial charge is 0.248 e. The van der Waals surface area contributed by atoms with Crippen LogP contribution in [0.15, 0.2) is 60.0 Å². The molecule has 0 aliphatic heterocycles. The molecule has 0 radical (unpaired) electrons. The van der Waals surface area contributed by atoms with Gasteiger partial charge in [0.1, 0.15) is 5.82 Å². The molecule has 0 aliphatic carbocycles. The third-order valence-corrected chi connectivity index (χ3v) is 4.66. The van der Waals surface area contributed by atoms with Gasteiger partial charge in [0.2, 0.25) is 11.8 Å². The number of hydrogen-bond acceptors (Lipinski definition) is 4. The van der Waals surface area contributed by atoms with Gasteiger partial charge in [0.15, 0.2) is 5.13 Å². The van der Waals surface area contributed by atoms with Gasteiger partial charge < -0.3 is 5.32 Å². The van der Waals surface area contributed by atoms with Crippen molar-refractivity contribution in [2.45, 2.75) is 13.8 Å². The van der Waals surface area contributed by atoms with Gasteiger partial charge in [-0.2, -0.15) is 0 Å². The Morgan fingerprint density at radius 2 is 1.93 bits per heavy atom. The molecule has 0 atom stereocenters. The van der Waals surface area contributed by atoms with Crippen molar-refractivity contribution in [2.24, 2.45) is 0 Å². The average molecular weight is 395 g/mol. The largest absolute Gasteiger partial charge is 0.320 e. The second-order valence-corrected chi connectivity index (χ2v) is 6.89. The molecule has 0 saturated heterocycles. The molecular formula is C21H18FN3O2S. The van der Waals surface area contributed by atoms with Crippen molar-refractivity contribution in [3.05, 3.63) is 77.1 Å².